The van der Waals surface area contributed by atoms with Crippen molar-refractivity contribution >= 4 is 11.6 Å². The number of methoxy groups -OCH3 is 1. The lowest BCUT2D eigenvalue weighted by Gasteiger charge is -2.12. The van der Waals surface area contributed by atoms with E-state index in [9.17, 15) is 0 Å². The summed E-state index contributed by atoms with van der Waals surface area (Å²) in [6, 6.07) is 3.56. The van der Waals surface area contributed by atoms with Crippen LogP contribution in [0.4, 0.5) is 0 Å². The Labute approximate surface area is 95.1 Å². The minimum absolute atomic E-state index is 0.392. The summed E-state index contributed by atoms with van der Waals surface area (Å²) < 4.78 is 10.7. The molecule has 0 amide bonds. The molecule has 84 valence electrons. The highest BCUT2D eigenvalue weighted by Crippen LogP contribution is 2.33. The van der Waals surface area contributed by atoms with E-state index in [-0.39, 0.29) is 0 Å². The van der Waals surface area contributed by atoms with Gasteiger partial charge in [-0.1, -0.05) is 18.5 Å². The van der Waals surface area contributed by atoms with Crippen molar-refractivity contribution in [1.82, 2.24) is 0 Å². The molecule has 0 radical (unpaired) electrons. The molecule has 1 rings (SSSR count). The number of nitrogens with two attached hydrogens (primary N) is 1. The van der Waals surface area contributed by atoms with Crippen LogP contribution in [0.2, 0.25) is 5.02 Å². The smallest absolute Gasteiger partial charge is 0.162 e. The van der Waals surface area contributed by atoms with Gasteiger partial charge in [-0.15, -0.1) is 0 Å². The molecule has 0 aromatic heterocycles. The summed E-state index contributed by atoms with van der Waals surface area (Å²) in [7, 11) is 1.60. The zero-order chi connectivity index (χ0) is 11.3. The molecule has 0 aliphatic rings. The average Bonchev–Trinajstić information content (AvgIpc) is 2.26. The maximum atomic E-state index is 6.02. The summed E-state index contributed by atoms with van der Waals surface area (Å²) in [5.41, 5.74) is 6.40. The van der Waals surface area contributed by atoms with Gasteiger partial charge in [0.25, 0.3) is 0 Å². The van der Waals surface area contributed by atoms with Crippen LogP contribution in [0.1, 0.15) is 18.9 Å². The van der Waals surface area contributed by atoms with Crippen molar-refractivity contribution in [1.29, 1.82) is 0 Å². The molecule has 0 aliphatic heterocycles. The van der Waals surface area contributed by atoms with Crippen LogP contribution in [0, 0.1) is 0 Å². The lowest BCUT2D eigenvalue weighted by molar-refractivity contribution is 0.294. The van der Waals surface area contributed by atoms with Crippen molar-refractivity contribution in [3.8, 4) is 11.5 Å². The summed E-state index contributed by atoms with van der Waals surface area (Å²) in [6.07, 6.45) is 0.944. The summed E-state index contributed by atoms with van der Waals surface area (Å²) in [5.74, 6) is 1.34. The molecule has 4 heteroatoms. The summed E-state index contributed by atoms with van der Waals surface area (Å²) in [4.78, 5) is 0. The molecule has 15 heavy (non-hydrogen) atoms. The van der Waals surface area contributed by atoms with E-state index in [4.69, 9.17) is 26.8 Å². The molecule has 0 atom stereocenters. The first-order valence-electron chi connectivity index (χ1n) is 4.92. The molecule has 1 aromatic carbocycles. The second-order valence-corrected chi connectivity index (χ2v) is 3.55. The Kier molecular flexibility index (Phi) is 4.72. The Balaban J connectivity index is 2.98. The van der Waals surface area contributed by atoms with Crippen LogP contribution < -0.4 is 15.2 Å². The van der Waals surface area contributed by atoms with Gasteiger partial charge >= 0.3 is 0 Å². The molecule has 0 bridgehead atoms. The molecule has 0 saturated heterocycles. The fourth-order valence-electron chi connectivity index (χ4n) is 1.22. The standard InChI is InChI=1S/C11H16ClNO2/c1-3-4-15-11-6-9(12)8(7-13)5-10(11)14-2/h5-6H,3-4,7,13H2,1-2H3. The van der Waals surface area contributed by atoms with E-state index in [1.54, 1.807) is 13.2 Å². The van der Waals surface area contributed by atoms with Gasteiger partial charge in [-0.05, 0) is 18.1 Å². The lowest BCUT2D eigenvalue weighted by Crippen LogP contribution is -2.01. The van der Waals surface area contributed by atoms with Gasteiger partial charge in [0, 0.05) is 17.6 Å². The van der Waals surface area contributed by atoms with E-state index in [1.807, 2.05) is 13.0 Å². The van der Waals surface area contributed by atoms with Crippen molar-refractivity contribution in [3.05, 3.63) is 22.7 Å². The normalized spacial score (nSPS) is 10.1. The first-order chi connectivity index (χ1) is 7.22. The predicted octanol–water partition coefficient (Wildman–Crippen LogP) is 2.60. The van der Waals surface area contributed by atoms with Gasteiger partial charge in [0.1, 0.15) is 0 Å². The Morgan fingerprint density at radius 1 is 1.33 bits per heavy atom. The molecule has 0 unspecified atom stereocenters. The van der Waals surface area contributed by atoms with E-state index in [2.05, 4.69) is 0 Å². The molecule has 0 spiro atoms. The largest absolute Gasteiger partial charge is 0.493 e. The average molecular weight is 230 g/mol. The van der Waals surface area contributed by atoms with Crippen LogP contribution in [0.3, 0.4) is 0 Å². The van der Waals surface area contributed by atoms with Gasteiger partial charge in [-0.3, -0.25) is 0 Å². The zero-order valence-electron chi connectivity index (χ0n) is 9.05. The number of benzene rings is 1. The van der Waals surface area contributed by atoms with Crippen molar-refractivity contribution in [3.63, 3.8) is 0 Å². The highest BCUT2D eigenvalue weighted by molar-refractivity contribution is 6.31. The maximum absolute atomic E-state index is 6.02. The van der Waals surface area contributed by atoms with Crippen molar-refractivity contribution < 1.29 is 9.47 Å². The van der Waals surface area contributed by atoms with Gasteiger partial charge < -0.3 is 15.2 Å². The van der Waals surface area contributed by atoms with E-state index in [1.165, 1.54) is 0 Å². The number of halogens is 1. The Morgan fingerprint density at radius 3 is 2.60 bits per heavy atom. The highest BCUT2D eigenvalue weighted by atomic mass is 35.5. The molecule has 0 saturated carbocycles. The molecular formula is C11H16ClNO2. The van der Waals surface area contributed by atoms with Gasteiger partial charge in [-0.2, -0.15) is 0 Å². The van der Waals surface area contributed by atoms with Gasteiger partial charge in [0.05, 0.1) is 13.7 Å². The maximum Gasteiger partial charge on any atom is 0.162 e. The number of ether oxygens (including phenoxy) is 2. The zero-order valence-corrected chi connectivity index (χ0v) is 9.80. The van der Waals surface area contributed by atoms with Gasteiger partial charge in [0.15, 0.2) is 11.5 Å². The molecule has 0 aliphatic carbocycles. The summed E-state index contributed by atoms with van der Waals surface area (Å²) in [5, 5.41) is 0.615. The number of rotatable bonds is 5. The van der Waals surface area contributed by atoms with E-state index < -0.39 is 0 Å². The van der Waals surface area contributed by atoms with Crippen molar-refractivity contribution in [2.45, 2.75) is 19.9 Å². The quantitative estimate of drug-likeness (QED) is 0.844. The third-order valence-corrected chi connectivity index (χ3v) is 2.37. The lowest BCUT2D eigenvalue weighted by atomic mass is 10.2. The second-order valence-electron chi connectivity index (χ2n) is 3.15. The molecular weight excluding hydrogens is 214 g/mol. The summed E-state index contributed by atoms with van der Waals surface area (Å²) in [6.45, 7) is 3.08. The van der Waals surface area contributed by atoms with Crippen LogP contribution in [0.25, 0.3) is 0 Å². The summed E-state index contributed by atoms with van der Waals surface area (Å²) >= 11 is 6.02. The minimum atomic E-state index is 0.392. The minimum Gasteiger partial charge on any atom is -0.493 e. The van der Waals surface area contributed by atoms with Gasteiger partial charge in [0.2, 0.25) is 0 Å². The van der Waals surface area contributed by atoms with E-state index in [0.29, 0.717) is 29.7 Å². The van der Waals surface area contributed by atoms with Crippen LogP contribution in [0.5, 0.6) is 11.5 Å². The van der Waals surface area contributed by atoms with Crippen LogP contribution >= 0.6 is 11.6 Å². The van der Waals surface area contributed by atoms with Crippen LogP contribution in [-0.4, -0.2) is 13.7 Å². The SMILES string of the molecule is CCCOc1cc(Cl)c(CN)cc1OC. The third kappa shape index (κ3) is 3.01. The number of hydrogen-bond donors (Lipinski definition) is 1. The Morgan fingerprint density at radius 2 is 2.07 bits per heavy atom. The molecule has 2 N–H and O–H groups in total. The molecule has 0 heterocycles. The predicted molar refractivity (Wildman–Crippen MR) is 61.7 cm³/mol. The Hall–Kier alpha value is -0.930. The highest BCUT2D eigenvalue weighted by Gasteiger charge is 2.09. The van der Waals surface area contributed by atoms with Crippen LogP contribution in [-0.2, 0) is 6.54 Å². The molecule has 1 aromatic rings. The monoisotopic (exact) mass is 229 g/mol. The molecule has 0 fully saturated rings. The molecule has 3 nitrogen and oxygen atoms in total. The number of hydrogen-bond acceptors (Lipinski definition) is 3. The third-order valence-electron chi connectivity index (χ3n) is 2.01. The Bertz CT molecular complexity index is 329. The van der Waals surface area contributed by atoms with Gasteiger partial charge in [-0.25, -0.2) is 0 Å². The van der Waals surface area contributed by atoms with E-state index >= 15 is 0 Å². The fourth-order valence-corrected chi connectivity index (χ4v) is 1.45. The second kappa shape index (κ2) is 5.83. The fraction of sp³-hybridized carbons (Fsp3) is 0.455. The van der Waals surface area contributed by atoms with Crippen molar-refractivity contribution in [2.75, 3.05) is 13.7 Å². The van der Waals surface area contributed by atoms with Crippen LogP contribution in [0.15, 0.2) is 12.1 Å². The van der Waals surface area contributed by atoms with E-state index in [0.717, 1.165) is 12.0 Å². The van der Waals surface area contributed by atoms with Crippen molar-refractivity contribution in [2.24, 2.45) is 5.73 Å². The topological polar surface area (TPSA) is 44.5 Å². The first-order valence-corrected chi connectivity index (χ1v) is 5.30. The first kappa shape index (κ1) is 12.1.